The Labute approximate surface area is 151 Å². The first-order valence-corrected chi connectivity index (χ1v) is 8.75. The van der Waals surface area contributed by atoms with Crippen LogP contribution in [-0.2, 0) is 0 Å². The van der Waals surface area contributed by atoms with Gasteiger partial charge in [-0.3, -0.25) is 9.59 Å². The van der Waals surface area contributed by atoms with Gasteiger partial charge >= 0.3 is 0 Å². The van der Waals surface area contributed by atoms with E-state index in [4.69, 9.17) is 10.8 Å². The smallest absolute Gasteiger partial charge is 0.198 e. The van der Waals surface area contributed by atoms with Gasteiger partial charge in [0.25, 0.3) is 0 Å². The monoisotopic (exact) mass is 354 g/mol. The van der Waals surface area contributed by atoms with Gasteiger partial charge in [0, 0.05) is 30.3 Å². The minimum Gasteiger partial charge on any atom is -0.507 e. The number of aliphatic hydroxyl groups is 1. The van der Waals surface area contributed by atoms with Crippen LogP contribution in [0.2, 0.25) is 0 Å². The molecule has 0 heterocycles. The van der Waals surface area contributed by atoms with Crippen LogP contribution in [0.5, 0.6) is 5.75 Å². The summed E-state index contributed by atoms with van der Waals surface area (Å²) in [6.45, 7) is 0.809. The normalized spacial score (nSPS) is 12.7. The van der Waals surface area contributed by atoms with Crippen molar-refractivity contribution in [2.45, 2.75) is 25.7 Å². The van der Waals surface area contributed by atoms with E-state index in [-0.39, 0.29) is 40.5 Å². The summed E-state index contributed by atoms with van der Waals surface area (Å²) < 4.78 is 0. The highest BCUT2D eigenvalue weighted by Gasteiger charge is 2.34. The Morgan fingerprint density at radius 1 is 0.923 bits per heavy atom. The highest BCUT2D eigenvalue weighted by molar-refractivity contribution is 6.31. The van der Waals surface area contributed by atoms with Crippen molar-refractivity contribution < 1.29 is 19.8 Å². The number of carbonyl (C=O) groups is 2. The maximum atomic E-state index is 12.8. The van der Waals surface area contributed by atoms with Gasteiger partial charge in [-0.25, -0.2) is 0 Å². The Hall–Kier alpha value is -2.86. The minimum atomic E-state index is -0.394. The highest BCUT2D eigenvalue weighted by atomic mass is 16.3. The maximum absolute atomic E-state index is 12.8. The van der Waals surface area contributed by atoms with Crippen molar-refractivity contribution in [3.63, 3.8) is 0 Å². The molecule has 0 saturated carbocycles. The molecule has 0 amide bonds. The number of hydrogen-bond donors (Lipinski definition) is 4. The first-order valence-electron chi connectivity index (χ1n) is 8.75. The second-order valence-corrected chi connectivity index (χ2v) is 6.38. The fourth-order valence-electron chi connectivity index (χ4n) is 3.26. The number of nitrogen functional groups attached to an aromatic ring is 1. The van der Waals surface area contributed by atoms with Crippen LogP contribution < -0.4 is 11.1 Å². The van der Waals surface area contributed by atoms with E-state index in [1.54, 1.807) is 24.3 Å². The van der Waals surface area contributed by atoms with Crippen molar-refractivity contribution in [2.24, 2.45) is 0 Å². The van der Waals surface area contributed by atoms with Crippen LogP contribution in [0.3, 0.4) is 0 Å². The summed E-state index contributed by atoms with van der Waals surface area (Å²) in [5.41, 5.74) is 7.42. The number of ketones is 2. The minimum absolute atomic E-state index is 0.0281. The second kappa shape index (κ2) is 7.58. The first kappa shape index (κ1) is 17.9. The number of aliphatic hydroxyl groups excluding tert-OH is 1. The third-order valence-corrected chi connectivity index (χ3v) is 4.62. The molecule has 0 atom stereocenters. The molecule has 0 spiro atoms. The molecule has 0 fully saturated rings. The van der Waals surface area contributed by atoms with E-state index in [2.05, 4.69) is 5.32 Å². The molecule has 6 nitrogen and oxygen atoms in total. The Kier molecular flexibility index (Phi) is 5.23. The summed E-state index contributed by atoms with van der Waals surface area (Å²) in [6, 6.07) is 7.95. The van der Waals surface area contributed by atoms with E-state index in [0.29, 0.717) is 17.8 Å². The Morgan fingerprint density at radius 3 is 2.19 bits per heavy atom. The standard InChI is InChI=1S/C20H22N2O4/c21-18-14(22-9-5-1-2-6-10-23)11-15(24)16-17(18)20(26)13-8-4-3-7-12(13)19(16)25/h3-4,7-8,11,22-24H,1-2,5-6,9-10,21H2. The summed E-state index contributed by atoms with van der Waals surface area (Å²) in [5.74, 6) is -0.991. The Bertz CT molecular complexity index is 861. The third kappa shape index (κ3) is 3.15. The zero-order valence-corrected chi connectivity index (χ0v) is 14.4. The van der Waals surface area contributed by atoms with Gasteiger partial charge in [0.1, 0.15) is 5.75 Å². The topological polar surface area (TPSA) is 113 Å². The number of rotatable bonds is 7. The number of aromatic hydroxyl groups is 1. The average Bonchev–Trinajstić information content (AvgIpc) is 2.65. The molecule has 3 rings (SSSR count). The van der Waals surface area contributed by atoms with Crippen molar-refractivity contribution in [3.05, 3.63) is 52.6 Å². The molecule has 0 aliphatic heterocycles. The largest absolute Gasteiger partial charge is 0.507 e. The van der Waals surface area contributed by atoms with Gasteiger partial charge in [-0.1, -0.05) is 37.1 Å². The zero-order chi connectivity index (χ0) is 18.7. The molecule has 6 heteroatoms. The molecule has 1 aliphatic carbocycles. The molecule has 136 valence electrons. The zero-order valence-electron chi connectivity index (χ0n) is 14.4. The van der Waals surface area contributed by atoms with E-state index in [9.17, 15) is 14.7 Å². The lowest BCUT2D eigenvalue weighted by Crippen LogP contribution is -2.23. The Balaban J connectivity index is 1.87. The molecule has 0 unspecified atom stereocenters. The molecule has 0 radical (unpaired) electrons. The van der Waals surface area contributed by atoms with Crippen molar-refractivity contribution in [3.8, 4) is 5.75 Å². The van der Waals surface area contributed by atoms with Gasteiger partial charge in [0.05, 0.1) is 22.5 Å². The molecule has 2 aromatic rings. The SMILES string of the molecule is Nc1c(NCCCCCCO)cc(O)c2c1C(=O)c1ccccc1C2=O. The number of phenols is 1. The Morgan fingerprint density at radius 2 is 1.54 bits per heavy atom. The number of anilines is 2. The average molecular weight is 354 g/mol. The van der Waals surface area contributed by atoms with E-state index in [1.807, 2.05) is 0 Å². The second-order valence-electron chi connectivity index (χ2n) is 6.38. The lowest BCUT2D eigenvalue weighted by Gasteiger charge is -2.22. The molecule has 5 N–H and O–H groups in total. The number of nitrogens with one attached hydrogen (secondary N) is 1. The molecule has 2 aromatic carbocycles. The maximum Gasteiger partial charge on any atom is 0.198 e. The van der Waals surface area contributed by atoms with Crippen LogP contribution in [0.4, 0.5) is 11.4 Å². The molecular weight excluding hydrogens is 332 g/mol. The molecule has 0 saturated heterocycles. The summed E-state index contributed by atoms with van der Waals surface area (Å²) in [6.07, 6.45) is 3.53. The summed E-state index contributed by atoms with van der Waals surface area (Å²) in [4.78, 5) is 25.5. The molecule has 1 aliphatic rings. The number of benzene rings is 2. The van der Waals surface area contributed by atoms with Crippen LogP contribution in [0, 0.1) is 0 Å². The van der Waals surface area contributed by atoms with E-state index in [1.165, 1.54) is 6.07 Å². The number of phenolic OH excluding ortho intramolecular Hbond substituents is 1. The van der Waals surface area contributed by atoms with Crippen molar-refractivity contribution in [1.82, 2.24) is 0 Å². The molecular formula is C20H22N2O4. The van der Waals surface area contributed by atoms with Gasteiger partial charge in [-0.2, -0.15) is 0 Å². The third-order valence-electron chi connectivity index (χ3n) is 4.62. The predicted molar refractivity (Wildman–Crippen MR) is 99.9 cm³/mol. The highest BCUT2D eigenvalue weighted by Crippen LogP contribution is 2.40. The van der Waals surface area contributed by atoms with Gasteiger partial charge < -0.3 is 21.3 Å². The number of fused-ring (bicyclic) bond motifs is 2. The summed E-state index contributed by atoms with van der Waals surface area (Å²) in [7, 11) is 0. The van der Waals surface area contributed by atoms with Gasteiger partial charge in [0.2, 0.25) is 0 Å². The predicted octanol–water partition coefficient (Wildman–Crippen LogP) is 2.71. The number of unbranched alkanes of at least 4 members (excludes halogenated alkanes) is 3. The number of carbonyl (C=O) groups excluding carboxylic acids is 2. The fraction of sp³-hybridized carbons (Fsp3) is 0.300. The molecule has 0 bridgehead atoms. The lowest BCUT2D eigenvalue weighted by atomic mass is 9.82. The number of nitrogens with two attached hydrogens (primary N) is 1. The van der Waals surface area contributed by atoms with Crippen LogP contribution in [-0.4, -0.2) is 34.9 Å². The molecule has 0 aromatic heterocycles. The first-order chi connectivity index (χ1) is 12.6. The van der Waals surface area contributed by atoms with Gasteiger partial charge in [-0.05, 0) is 12.8 Å². The van der Waals surface area contributed by atoms with E-state index >= 15 is 0 Å². The van der Waals surface area contributed by atoms with Gasteiger partial charge in [0.15, 0.2) is 11.6 Å². The molecule has 26 heavy (non-hydrogen) atoms. The van der Waals surface area contributed by atoms with Crippen molar-refractivity contribution in [1.29, 1.82) is 0 Å². The quantitative estimate of drug-likeness (QED) is 0.295. The van der Waals surface area contributed by atoms with Crippen molar-refractivity contribution >= 4 is 22.9 Å². The van der Waals surface area contributed by atoms with E-state index in [0.717, 1.165) is 25.7 Å². The van der Waals surface area contributed by atoms with Crippen LogP contribution in [0.25, 0.3) is 0 Å². The summed E-state index contributed by atoms with van der Waals surface area (Å²) >= 11 is 0. The van der Waals surface area contributed by atoms with E-state index < -0.39 is 5.78 Å². The lowest BCUT2D eigenvalue weighted by molar-refractivity contribution is 0.0977. The summed E-state index contributed by atoms with van der Waals surface area (Å²) in [5, 5.41) is 22.3. The van der Waals surface area contributed by atoms with Crippen molar-refractivity contribution in [2.75, 3.05) is 24.2 Å². The fourth-order valence-corrected chi connectivity index (χ4v) is 3.26. The van der Waals surface area contributed by atoms with Crippen LogP contribution in [0.15, 0.2) is 30.3 Å². The van der Waals surface area contributed by atoms with Gasteiger partial charge in [-0.15, -0.1) is 0 Å². The van der Waals surface area contributed by atoms with Crippen LogP contribution >= 0.6 is 0 Å². The van der Waals surface area contributed by atoms with Crippen LogP contribution in [0.1, 0.15) is 57.5 Å². The number of hydrogen-bond acceptors (Lipinski definition) is 6.